The second-order valence-corrected chi connectivity index (χ2v) is 7.07. The molecule has 2 heterocycles. The molecule has 1 aromatic rings. The van der Waals surface area contributed by atoms with Crippen molar-refractivity contribution in [1.82, 2.24) is 15.2 Å². The van der Waals surface area contributed by atoms with Crippen molar-refractivity contribution in [1.29, 1.82) is 0 Å². The summed E-state index contributed by atoms with van der Waals surface area (Å²) < 4.78 is 0. The van der Waals surface area contributed by atoms with E-state index in [1.54, 1.807) is 0 Å². The van der Waals surface area contributed by atoms with Crippen molar-refractivity contribution in [2.75, 3.05) is 19.6 Å². The van der Waals surface area contributed by atoms with Gasteiger partial charge >= 0.3 is 0 Å². The summed E-state index contributed by atoms with van der Waals surface area (Å²) in [7, 11) is 0. The number of nitrogens with one attached hydrogen (secondary N) is 1. The second kappa shape index (κ2) is 6.33. The van der Waals surface area contributed by atoms with Crippen molar-refractivity contribution >= 4 is 23.7 Å². The van der Waals surface area contributed by atoms with E-state index in [0.29, 0.717) is 6.04 Å². The molecule has 104 valence electrons. The van der Waals surface area contributed by atoms with Crippen LogP contribution in [0.25, 0.3) is 0 Å². The monoisotopic (exact) mass is 289 g/mol. The lowest BCUT2D eigenvalue weighted by atomic mass is 9.96. The SMILES string of the molecule is C[C@H]1CN(Cc2ncc(C(C)(C)C)s2)CCN1.Cl. The van der Waals surface area contributed by atoms with Crippen molar-refractivity contribution in [2.24, 2.45) is 0 Å². The molecule has 1 saturated heterocycles. The van der Waals surface area contributed by atoms with E-state index in [1.165, 1.54) is 9.88 Å². The van der Waals surface area contributed by atoms with Crippen LogP contribution in [-0.4, -0.2) is 35.6 Å². The predicted molar refractivity (Wildman–Crippen MR) is 80.8 cm³/mol. The fourth-order valence-corrected chi connectivity index (χ4v) is 3.10. The highest BCUT2D eigenvalue weighted by molar-refractivity contribution is 7.11. The van der Waals surface area contributed by atoms with Gasteiger partial charge < -0.3 is 5.32 Å². The van der Waals surface area contributed by atoms with Gasteiger partial charge in [0.25, 0.3) is 0 Å². The Hall–Kier alpha value is -0.160. The van der Waals surface area contributed by atoms with E-state index in [1.807, 2.05) is 17.5 Å². The van der Waals surface area contributed by atoms with E-state index >= 15 is 0 Å². The smallest absolute Gasteiger partial charge is 0.107 e. The van der Waals surface area contributed by atoms with Gasteiger partial charge in [-0.25, -0.2) is 4.98 Å². The highest BCUT2D eigenvalue weighted by atomic mass is 35.5. The number of nitrogens with zero attached hydrogens (tertiary/aromatic N) is 2. The molecule has 5 heteroatoms. The van der Waals surface area contributed by atoms with Crippen molar-refractivity contribution in [2.45, 2.75) is 45.7 Å². The van der Waals surface area contributed by atoms with E-state index in [4.69, 9.17) is 0 Å². The van der Waals surface area contributed by atoms with Gasteiger partial charge in [0.15, 0.2) is 0 Å². The van der Waals surface area contributed by atoms with Gasteiger partial charge in [-0.1, -0.05) is 20.8 Å². The molecule has 1 N–H and O–H groups in total. The summed E-state index contributed by atoms with van der Waals surface area (Å²) in [6.45, 7) is 13.4. The first-order chi connectivity index (χ1) is 7.95. The number of aromatic nitrogens is 1. The Kier molecular flexibility index (Phi) is 5.59. The Balaban J connectivity index is 0.00000162. The summed E-state index contributed by atoms with van der Waals surface area (Å²) in [6.07, 6.45) is 2.05. The summed E-state index contributed by atoms with van der Waals surface area (Å²) in [4.78, 5) is 8.44. The minimum atomic E-state index is 0. The zero-order chi connectivity index (χ0) is 12.5. The maximum Gasteiger partial charge on any atom is 0.107 e. The van der Waals surface area contributed by atoms with Crippen LogP contribution in [0.4, 0.5) is 0 Å². The normalized spacial score (nSPS) is 21.7. The molecule has 1 fully saturated rings. The number of thiazole rings is 1. The van der Waals surface area contributed by atoms with Gasteiger partial charge in [0.2, 0.25) is 0 Å². The molecule has 1 aromatic heterocycles. The van der Waals surface area contributed by atoms with Crippen LogP contribution in [0.1, 0.15) is 37.6 Å². The maximum atomic E-state index is 4.56. The Morgan fingerprint density at radius 1 is 1.50 bits per heavy atom. The number of halogens is 1. The fraction of sp³-hybridized carbons (Fsp3) is 0.769. The first kappa shape index (κ1) is 15.9. The molecule has 0 amide bonds. The highest BCUT2D eigenvalue weighted by Gasteiger charge is 2.20. The average molecular weight is 290 g/mol. The largest absolute Gasteiger partial charge is 0.312 e. The maximum absolute atomic E-state index is 4.56. The van der Waals surface area contributed by atoms with Crippen LogP contribution in [0.15, 0.2) is 6.20 Å². The van der Waals surface area contributed by atoms with E-state index in [2.05, 4.69) is 42.9 Å². The molecule has 0 unspecified atom stereocenters. The summed E-state index contributed by atoms with van der Waals surface area (Å²) in [5.41, 5.74) is 0.229. The first-order valence-corrected chi connectivity index (χ1v) is 7.18. The molecule has 0 bridgehead atoms. The van der Waals surface area contributed by atoms with Gasteiger partial charge in [-0.05, 0) is 12.3 Å². The molecule has 1 atom stereocenters. The van der Waals surface area contributed by atoms with Gasteiger partial charge in [0.05, 0.1) is 6.54 Å². The lowest BCUT2D eigenvalue weighted by Crippen LogP contribution is -2.48. The van der Waals surface area contributed by atoms with Gasteiger partial charge in [-0.15, -0.1) is 23.7 Å². The summed E-state index contributed by atoms with van der Waals surface area (Å²) in [6, 6.07) is 0.603. The Labute approximate surface area is 120 Å². The molecule has 0 saturated carbocycles. The lowest BCUT2D eigenvalue weighted by Gasteiger charge is -2.31. The van der Waals surface area contributed by atoms with E-state index < -0.39 is 0 Å². The molecule has 0 aliphatic carbocycles. The Bertz CT molecular complexity index is 373. The molecule has 0 radical (unpaired) electrons. The Morgan fingerprint density at radius 2 is 2.22 bits per heavy atom. The average Bonchev–Trinajstić information content (AvgIpc) is 2.65. The molecule has 2 rings (SSSR count). The molecule has 18 heavy (non-hydrogen) atoms. The number of piperazine rings is 1. The van der Waals surface area contributed by atoms with E-state index in [-0.39, 0.29) is 17.8 Å². The summed E-state index contributed by atoms with van der Waals surface area (Å²) >= 11 is 1.86. The van der Waals surface area contributed by atoms with Crippen LogP contribution in [0.2, 0.25) is 0 Å². The van der Waals surface area contributed by atoms with Crippen LogP contribution in [-0.2, 0) is 12.0 Å². The van der Waals surface area contributed by atoms with Crippen molar-refractivity contribution in [3.05, 3.63) is 16.1 Å². The van der Waals surface area contributed by atoms with E-state index in [0.717, 1.165) is 26.2 Å². The predicted octanol–water partition coefficient (Wildman–Crippen LogP) is 2.66. The number of rotatable bonds is 2. The first-order valence-electron chi connectivity index (χ1n) is 6.36. The van der Waals surface area contributed by atoms with Gasteiger partial charge in [-0.2, -0.15) is 0 Å². The molecule has 1 aliphatic heterocycles. The molecule has 1 aliphatic rings. The van der Waals surface area contributed by atoms with Gasteiger partial charge in [0.1, 0.15) is 5.01 Å². The Morgan fingerprint density at radius 3 is 2.78 bits per heavy atom. The minimum Gasteiger partial charge on any atom is -0.312 e. The van der Waals surface area contributed by atoms with Crippen LogP contribution < -0.4 is 5.32 Å². The zero-order valence-electron chi connectivity index (χ0n) is 11.7. The molecular weight excluding hydrogens is 266 g/mol. The molecule has 3 nitrogen and oxygen atoms in total. The number of hydrogen-bond acceptors (Lipinski definition) is 4. The molecule has 0 spiro atoms. The van der Waals surface area contributed by atoms with Crippen molar-refractivity contribution < 1.29 is 0 Å². The quantitative estimate of drug-likeness (QED) is 0.907. The van der Waals surface area contributed by atoms with E-state index in [9.17, 15) is 0 Å². The topological polar surface area (TPSA) is 28.2 Å². The van der Waals surface area contributed by atoms with Crippen molar-refractivity contribution in [3.63, 3.8) is 0 Å². The standard InChI is InChI=1S/C13H23N3S.ClH/c1-10-8-16(6-5-14-10)9-12-15-7-11(17-12)13(2,3)4;/h7,10,14H,5-6,8-9H2,1-4H3;1H/t10-;/m0./s1. The van der Waals surface area contributed by atoms with Gasteiger partial charge in [0, 0.05) is 36.8 Å². The third kappa shape index (κ3) is 4.19. The van der Waals surface area contributed by atoms with Gasteiger partial charge in [-0.3, -0.25) is 4.90 Å². The highest BCUT2D eigenvalue weighted by Crippen LogP contribution is 2.28. The minimum absolute atomic E-state index is 0. The lowest BCUT2D eigenvalue weighted by molar-refractivity contribution is 0.199. The van der Waals surface area contributed by atoms with Crippen molar-refractivity contribution in [3.8, 4) is 0 Å². The second-order valence-electron chi connectivity index (χ2n) is 5.96. The third-order valence-electron chi connectivity index (χ3n) is 3.10. The molecule has 0 aromatic carbocycles. The third-order valence-corrected chi connectivity index (χ3v) is 4.51. The summed E-state index contributed by atoms with van der Waals surface area (Å²) in [5.74, 6) is 0. The number of hydrogen-bond donors (Lipinski definition) is 1. The van der Waals surface area contributed by atoms with Crippen LogP contribution in [0, 0.1) is 0 Å². The van der Waals surface area contributed by atoms with Crippen LogP contribution in [0.3, 0.4) is 0 Å². The zero-order valence-corrected chi connectivity index (χ0v) is 13.3. The van der Waals surface area contributed by atoms with Crippen LogP contribution in [0.5, 0.6) is 0 Å². The summed E-state index contributed by atoms with van der Waals surface area (Å²) in [5, 5.41) is 4.72. The fourth-order valence-electron chi connectivity index (χ4n) is 2.08. The molecular formula is C13H24ClN3S. The van der Waals surface area contributed by atoms with Crippen LogP contribution >= 0.6 is 23.7 Å².